The number of halogens is 2. The fourth-order valence-corrected chi connectivity index (χ4v) is 3.65. The molecule has 4 rings (SSSR count). The van der Waals surface area contributed by atoms with Crippen LogP contribution >= 0.6 is 15.9 Å². The number of carbonyl (C=O) groups is 1. The molecular formula is C19H16BrFN2O. The van der Waals surface area contributed by atoms with Crippen molar-refractivity contribution in [3.63, 3.8) is 0 Å². The van der Waals surface area contributed by atoms with Crippen LogP contribution in [0.4, 0.5) is 4.39 Å². The minimum Gasteiger partial charge on any atom is -0.358 e. The molecule has 0 saturated carbocycles. The lowest BCUT2D eigenvalue weighted by atomic mass is 9.91. The van der Waals surface area contributed by atoms with E-state index in [-0.39, 0.29) is 17.8 Å². The van der Waals surface area contributed by atoms with Gasteiger partial charge in [-0.3, -0.25) is 4.79 Å². The van der Waals surface area contributed by atoms with E-state index in [1.807, 2.05) is 30.3 Å². The molecule has 122 valence electrons. The highest BCUT2D eigenvalue weighted by molar-refractivity contribution is 9.10. The van der Waals surface area contributed by atoms with Gasteiger partial charge in [-0.15, -0.1) is 0 Å². The molecule has 24 heavy (non-hydrogen) atoms. The summed E-state index contributed by atoms with van der Waals surface area (Å²) in [6, 6.07) is 12.3. The van der Waals surface area contributed by atoms with Crippen LogP contribution in [0.15, 0.2) is 46.9 Å². The van der Waals surface area contributed by atoms with E-state index in [0.29, 0.717) is 5.56 Å². The second kappa shape index (κ2) is 6.06. The van der Waals surface area contributed by atoms with Crippen molar-refractivity contribution in [1.29, 1.82) is 0 Å². The van der Waals surface area contributed by atoms with Crippen LogP contribution in [0, 0.1) is 5.82 Å². The first-order valence-corrected chi connectivity index (χ1v) is 8.75. The number of hydrogen-bond acceptors (Lipinski definition) is 1. The zero-order valence-electron chi connectivity index (χ0n) is 12.9. The number of aromatic nitrogens is 1. The van der Waals surface area contributed by atoms with Gasteiger partial charge in [-0.25, -0.2) is 4.39 Å². The first-order chi connectivity index (χ1) is 11.6. The Morgan fingerprint density at radius 2 is 2.00 bits per heavy atom. The maximum absolute atomic E-state index is 13.4. The Kier molecular flexibility index (Phi) is 3.88. The summed E-state index contributed by atoms with van der Waals surface area (Å²) >= 11 is 3.37. The van der Waals surface area contributed by atoms with E-state index in [0.717, 1.165) is 40.3 Å². The van der Waals surface area contributed by atoms with Gasteiger partial charge >= 0.3 is 0 Å². The van der Waals surface area contributed by atoms with E-state index in [4.69, 9.17) is 0 Å². The van der Waals surface area contributed by atoms with Gasteiger partial charge in [0.1, 0.15) is 5.82 Å². The Balaban J connectivity index is 1.54. The number of aromatic amines is 1. The van der Waals surface area contributed by atoms with Gasteiger partial charge in [0.25, 0.3) is 5.91 Å². The molecular weight excluding hydrogens is 371 g/mol. The van der Waals surface area contributed by atoms with Crippen LogP contribution in [-0.4, -0.2) is 16.9 Å². The maximum atomic E-state index is 13.4. The molecule has 2 N–H and O–H groups in total. The summed E-state index contributed by atoms with van der Waals surface area (Å²) in [7, 11) is 0. The molecule has 0 spiro atoms. The molecule has 0 fully saturated rings. The zero-order chi connectivity index (χ0) is 16.7. The third-order valence-corrected chi connectivity index (χ3v) is 5.12. The average Bonchev–Trinajstić information content (AvgIpc) is 2.92. The maximum Gasteiger partial charge on any atom is 0.251 e. The molecule has 1 unspecified atom stereocenters. The van der Waals surface area contributed by atoms with Crippen LogP contribution in [0.5, 0.6) is 0 Å². The summed E-state index contributed by atoms with van der Waals surface area (Å²) in [6.45, 7) is 0. The van der Waals surface area contributed by atoms with E-state index in [9.17, 15) is 9.18 Å². The van der Waals surface area contributed by atoms with Gasteiger partial charge in [0.2, 0.25) is 0 Å². The van der Waals surface area contributed by atoms with Crippen LogP contribution in [0.3, 0.4) is 0 Å². The van der Waals surface area contributed by atoms with Crippen LogP contribution in [0.1, 0.15) is 28.0 Å². The molecule has 5 heteroatoms. The van der Waals surface area contributed by atoms with Gasteiger partial charge in [-0.05, 0) is 67.3 Å². The van der Waals surface area contributed by atoms with Gasteiger partial charge in [-0.1, -0.05) is 15.9 Å². The van der Waals surface area contributed by atoms with Crippen LogP contribution < -0.4 is 5.32 Å². The highest BCUT2D eigenvalue weighted by Crippen LogP contribution is 2.29. The van der Waals surface area contributed by atoms with Crippen molar-refractivity contribution in [1.82, 2.24) is 10.3 Å². The molecule has 1 aliphatic rings. The SMILES string of the molecule is O=C(NC1CCc2[nH]c3cc(F)ccc3c2C1)c1ccc(Br)cc1. The summed E-state index contributed by atoms with van der Waals surface area (Å²) in [6.07, 6.45) is 2.50. The second-order valence-corrected chi connectivity index (χ2v) is 7.11. The summed E-state index contributed by atoms with van der Waals surface area (Å²) in [5.41, 5.74) is 3.84. The van der Waals surface area contributed by atoms with Crippen LogP contribution in [0.2, 0.25) is 0 Å². The molecule has 3 nitrogen and oxygen atoms in total. The normalized spacial score (nSPS) is 16.8. The smallest absolute Gasteiger partial charge is 0.251 e. The molecule has 1 atom stereocenters. The summed E-state index contributed by atoms with van der Waals surface area (Å²) in [5.74, 6) is -0.289. The fourth-order valence-electron chi connectivity index (χ4n) is 3.39. The predicted molar refractivity (Wildman–Crippen MR) is 95.7 cm³/mol. The number of hydrogen-bond donors (Lipinski definition) is 2. The van der Waals surface area contributed by atoms with Crippen molar-refractivity contribution in [3.05, 3.63) is 69.6 Å². The van der Waals surface area contributed by atoms with E-state index in [1.54, 1.807) is 0 Å². The lowest BCUT2D eigenvalue weighted by Crippen LogP contribution is -2.38. The average molecular weight is 387 g/mol. The Morgan fingerprint density at radius 1 is 1.21 bits per heavy atom. The molecule has 1 aromatic heterocycles. The number of benzene rings is 2. The third kappa shape index (κ3) is 2.84. The molecule has 1 heterocycles. The summed E-state index contributed by atoms with van der Waals surface area (Å²) in [5, 5.41) is 4.17. The van der Waals surface area contributed by atoms with E-state index in [1.165, 1.54) is 17.7 Å². The number of fused-ring (bicyclic) bond motifs is 3. The number of rotatable bonds is 2. The quantitative estimate of drug-likeness (QED) is 0.675. The highest BCUT2D eigenvalue weighted by atomic mass is 79.9. The van der Waals surface area contributed by atoms with Crippen molar-refractivity contribution in [2.75, 3.05) is 0 Å². The minimum atomic E-state index is -0.235. The van der Waals surface area contributed by atoms with Crippen molar-refractivity contribution >= 4 is 32.7 Å². The van der Waals surface area contributed by atoms with Crippen LogP contribution in [-0.2, 0) is 12.8 Å². The molecule has 1 amide bonds. The van der Waals surface area contributed by atoms with Crippen molar-refractivity contribution in [3.8, 4) is 0 Å². The molecule has 2 aromatic carbocycles. The van der Waals surface area contributed by atoms with Crippen LogP contribution in [0.25, 0.3) is 10.9 Å². The Labute approximate surface area is 147 Å². The van der Waals surface area contributed by atoms with Gasteiger partial charge in [-0.2, -0.15) is 0 Å². The molecule has 0 saturated heterocycles. The molecule has 0 aliphatic heterocycles. The number of H-pyrrole nitrogens is 1. The summed E-state index contributed by atoms with van der Waals surface area (Å²) < 4.78 is 14.3. The van der Waals surface area contributed by atoms with E-state index in [2.05, 4.69) is 26.2 Å². The predicted octanol–water partition coefficient (Wildman–Crippen LogP) is 4.36. The van der Waals surface area contributed by atoms with Gasteiger partial charge in [0.05, 0.1) is 0 Å². The van der Waals surface area contributed by atoms with E-state index >= 15 is 0 Å². The number of carbonyl (C=O) groups excluding carboxylic acids is 1. The van der Waals surface area contributed by atoms with Gasteiger partial charge in [0, 0.05) is 32.7 Å². The second-order valence-electron chi connectivity index (χ2n) is 6.19. The monoisotopic (exact) mass is 386 g/mol. The van der Waals surface area contributed by atoms with E-state index < -0.39 is 0 Å². The largest absolute Gasteiger partial charge is 0.358 e. The molecule has 1 aliphatic carbocycles. The number of aryl methyl sites for hydroxylation is 1. The minimum absolute atomic E-state index is 0.0539. The van der Waals surface area contributed by atoms with Crippen molar-refractivity contribution in [2.24, 2.45) is 0 Å². The number of amides is 1. The molecule has 3 aromatic rings. The molecule has 0 radical (unpaired) electrons. The standard InChI is InChI=1S/C19H16BrFN2O/c20-12-3-1-11(2-4-12)19(24)22-14-6-8-17-16(10-14)15-7-5-13(21)9-18(15)23-17/h1-5,7,9,14,23H,6,8,10H2,(H,22,24). The van der Waals surface area contributed by atoms with Gasteiger partial charge < -0.3 is 10.3 Å². The number of nitrogens with one attached hydrogen (secondary N) is 2. The summed E-state index contributed by atoms with van der Waals surface area (Å²) in [4.78, 5) is 15.7. The first kappa shape index (κ1) is 15.4. The topological polar surface area (TPSA) is 44.9 Å². The fraction of sp³-hybridized carbons (Fsp3) is 0.211. The Morgan fingerprint density at radius 3 is 2.79 bits per heavy atom. The molecule has 0 bridgehead atoms. The zero-order valence-corrected chi connectivity index (χ0v) is 14.5. The van der Waals surface area contributed by atoms with Crippen molar-refractivity contribution < 1.29 is 9.18 Å². The lowest BCUT2D eigenvalue weighted by Gasteiger charge is -2.23. The Bertz CT molecular complexity index is 917. The third-order valence-electron chi connectivity index (χ3n) is 4.59. The van der Waals surface area contributed by atoms with Crippen molar-refractivity contribution in [2.45, 2.75) is 25.3 Å². The highest BCUT2D eigenvalue weighted by Gasteiger charge is 2.24. The van der Waals surface area contributed by atoms with Gasteiger partial charge in [0.15, 0.2) is 0 Å². The lowest BCUT2D eigenvalue weighted by molar-refractivity contribution is 0.0933. The first-order valence-electron chi connectivity index (χ1n) is 7.95. The Hall–Kier alpha value is -2.14.